The second kappa shape index (κ2) is 5.10. The number of hydrogen-bond acceptors (Lipinski definition) is 3. The quantitative estimate of drug-likeness (QED) is 0.663. The van der Waals surface area contributed by atoms with E-state index in [0.29, 0.717) is 34.9 Å². The van der Waals surface area contributed by atoms with Gasteiger partial charge in [0.25, 0.3) is 0 Å². The molecule has 0 aromatic rings. The van der Waals surface area contributed by atoms with Crippen LogP contribution in [0.2, 0.25) is 0 Å². The summed E-state index contributed by atoms with van der Waals surface area (Å²) in [5.74, 6) is 4.48. The lowest BCUT2D eigenvalue weighted by Gasteiger charge is -2.60. The minimum absolute atomic E-state index is 0.115. The number of carbonyl (C=O) groups is 2. The van der Waals surface area contributed by atoms with Crippen LogP contribution in [0.3, 0.4) is 0 Å². The highest BCUT2D eigenvalue weighted by Crippen LogP contribution is 2.72. The maximum atomic E-state index is 12.3. The molecule has 9 atom stereocenters. The van der Waals surface area contributed by atoms with Gasteiger partial charge in [-0.25, -0.2) is 0 Å². The summed E-state index contributed by atoms with van der Waals surface area (Å²) in [4.78, 5) is 23.9. The van der Waals surface area contributed by atoms with E-state index in [-0.39, 0.29) is 17.5 Å². The molecular formula is C22H32O3. The van der Waals surface area contributed by atoms with Gasteiger partial charge < -0.3 is 4.74 Å². The van der Waals surface area contributed by atoms with Crippen molar-refractivity contribution in [3.8, 4) is 0 Å². The van der Waals surface area contributed by atoms with E-state index in [1.165, 1.54) is 38.5 Å². The third-order valence-corrected chi connectivity index (χ3v) is 9.64. The fraction of sp³-hybridized carbons (Fsp3) is 0.909. The van der Waals surface area contributed by atoms with Crippen molar-refractivity contribution in [1.29, 1.82) is 0 Å². The molecule has 25 heavy (non-hydrogen) atoms. The van der Waals surface area contributed by atoms with Crippen LogP contribution in [0.15, 0.2) is 0 Å². The fourth-order valence-corrected chi connectivity index (χ4v) is 8.35. The molecule has 0 unspecified atom stereocenters. The SMILES string of the molecule is CC(=O)O[C@H]1CC[C@H]2[C@@H]3CC[C@H]4CC(=O)[C@@H]5C[C@@H]5[C@]4(C)[C@H]3CC[C@]12C. The predicted octanol–water partition coefficient (Wildman–Crippen LogP) is 4.39. The highest BCUT2D eigenvalue weighted by Gasteiger charge is 2.68. The summed E-state index contributed by atoms with van der Waals surface area (Å²) in [5.41, 5.74) is 0.589. The monoisotopic (exact) mass is 344 g/mol. The number of ketones is 1. The molecule has 0 amide bonds. The molecule has 5 saturated carbocycles. The molecular weight excluding hydrogens is 312 g/mol. The molecule has 0 aromatic heterocycles. The van der Waals surface area contributed by atoms with E-state index in [4.69, 9.17) is 4.74 Å². The maximum Gasteiger partial charge on any atom is 0.302 e. The van der Waals surface area contributed by atoms with Crippen LogP contribution in [0.5, 0.6) is 0 Å². The second-order valence-corrected chi connectivity index (χ2v) is 10.4. The van der Waals surface area contributed by atoms with Crippen molar-refractivity contribution in [3.63, 3.8) is 0 Å². The Hall–Kier alpha value is -0.860. The van der Waals surface area contributed by atoms with E-state index in [2.05, 4.69) is 13.8 Å². The summed E-state index contributed by atoms with van der Waals surface area (Å²) in [5, 5.41) is 0. The minimum Gasteiger partial charge on any atom is -0.462 e. The average Bonchev–Trinajstić information content (AvgIpc) is 3.30. The zero-order valence-electron chi connectivity index (χ0n) is 15.9. The molecule has 3 heteroatoms. The number of hydrogen-bond donors (Lipinski definition) is 0. The second-order valence-electron chi connectivity index (χ2n) is 10.4. The minimum atomic E-state index is -0.115. The van der Waals surface area contributed by atoms with Gasteiger partial charge in [0.05, 0.1) is 0 Å². The van der Waals surface area contributed by atoms with Gasteiger partial charge in [-0.2, -0.15) is 0 Å². The molecule has 0 aliphatic heterocycles. The van der Waals surface area contributed by atoms with Gasteiger partial charge in [0.1, 0.15) is 11.9 Å². The Kier molecular flexibility index (Phi) is 3.33. The topological polar surface area (TPSA) is 43.4 Å². The fourth-order valence-electron chi connectivity index (χ4n) is 8.35. The van der Waals surface area contributed by atoms with Crippen molar-refractivity contribution in [2.45, 2.75) is 78.2 Å². The largest absolute Gasteiger partial charge is 0.462 e. The first-order valence-electron chi connectivity index (χ1n) is 10.6. The number of ether oxygens (including phenoxy) is 1. The lowest BCUT2D eigenvalue weighted by atomic mass is 9.45. The molecule has 0 aromatic carbocycles. The lowest BCUT2D eigenvalue weighted by molar-refractivity contribution is -0.163. The number of carbonyl (C=O) groups excluding carboxylic acids is 2. The van der Waals surface area contributed by atoms with Crippen LogP contribution in [0.4, 0.5) is 0 Å². The van der Waals surface area contributed by atoms with Gasteiger partial charge in [-0.05, 0) is 80.0 Å². The van der Waals surface area contributed by atoms with Crippen molar-refractivity contribution in [2.75, 3.05) is 0 Å². The predicted molar refractivity (Wildman–Crippen MR) is 94.7 cm³/mol. The Balaban J connectivity index is 1.44. The molecule has 0 bridgehead atoms. The van der Waals surface area contributed by atoms with E-state index in [1.54, 1.807) is 6.92 Å². The van der Waals surface area contributed by atoms with Crippen LogP contribution >= 0.6 is 0 Å². The van der Waals surface area contributed by atoms with Crippen molar-refractivity contribution >= 4 is 11.8 Å². The molecule has 138 valence electrons. The van der Waals surface area contributed by atoms with E-state index in [0.717, 1.165) is 24.7 Å². The number of rotatable bonds is 1. The molecule has 0 heterocycles. The van der Waals surface area contributed by atoms with E-state index in [9.17, 15) is 9.59 Å². The van der Waals surface area contributed by atoms with Gasteiger partial charge in [0, 0.05) is 24.7 Å². The molecule has 0 spiro atoms. The summed E-state index contributed by atoms with van der Waals surface area (Å²) in [6.45, 7) is 6.50. The van der Waals surface area contributed by atoms with Gasteiger partial charge in [0.2, 0.25) is 0 Å². The Morgan fingerprint density at radius 3 is 2.60 bits per heavy atom. The van der Waals surface area contributed by atoms with Crippen LogP contribution in [0.1, 0.15) is 72.1 Å². The van der Waals surface area contributed by atoms with Gasteiger partial charge in [0.15, 0.2) is 0 Å². The van der Waals surface area contributed by atoms with Gasteiger partial charge in [-0.1, -0.05) is 13.8 Å². The third kappa shape index (κ3) is 2.04. The maximum absolute atomic E-state index is 12.3. The normalized spacial score (nSPS) is 56.3. The van der Waals surface area contributed by atoms with E-state index in [1.807, 2.05) is 0 Å². The van der Waals surface area contributed by atoms with E-state index < -0.39 is 0 Å². The summed E-state index contributed by atoms with van der Waals surface area (Å²) in [6, 6.07) is 0. The highest BCUT2D eigenvalue weighted by atomic mass is 16.5. The number of esters is 1. The smallest absolute Gasteiger partial charge is 0.302 e. The number of Topliss-reactive ketones (excluding diaryl/α,β-unsaturated/α-hetero) is 1. The van der Waals surface area contributed by atoms with Crippen LogP contribution < -0.4 is 0 Å². The van der Waals surface area contributed by atoms with Crippen LogP contribution in [0, 0.1) is 46.3 Å². The molecule has 0 radical (unpaired) electrons. The average molecular weight is 344 g/mol. The molecule has 3 nitrogen and oxygen atoms in total. The Labute approximate surface area is 151 Å². The summed E-state index contributed by atoms with van der Waals surface area (Å²) in [6.07, 6.45) is 9.46. The Bertz CT molecular complexity index is 627. The summed E-state index contributed by atoms with van der Waals surface area (Å²) in [7, 11) is 0. The molecule has 5 aliphatic rings. The first-order chi connectivity index (χ1) is 11.9. The zero-order valence-corrected chi connectivity index (χ0v) is 15.9. The van der Waals surface area contributed by atoms with Crippen molar-refractivity contribution in [1.82, 2.24) is 0 Å². The molecule has 0 saturated heterocycles. The van der Waals surface area contributed by atoms with Gasteiger partial charge in [-0.3, -0.25) is 9.59 Å². The van der Waals surface area contributed by atoms with Gasteiger partial charge >= 0.3 is 5.97 Å². The van der Waals surface area contributed by atoms with Crippen LogP contribution in [-0.2, 0) is 14.3 Å². The van der Waals surface area contributed by atoms with Crippen molar-refractivity contribution < 1.29 is 14.3 Å². The van der Waals surface area contributed by atoms with Crippen molar-refractivity contribution in [3.05, 3.63) is 0 Å². The molecule has 0 N–H and O–H groups in total. The van der Waals surface area contributed by atoms with Gasteiger partial charge in [-0.15, -0.1) is 0 Å². The zero-order chi connectivity index (χ0) is 17.6. The Morgan fingerprint density at radius 1 is 1.04 bits per heavy atom. The molecule has 5 rings (SSSR count). The van der Waals surface area contributed by atoms with Crippen molar-refractivity contribution in [2.24, 2.45) is 46.3 Å². The molecule has 5 aliphatic carbocycles. The highest BCUT2D eigenvalue weighted by molar-refractivity contribution is 5.85. The first kappa shape index (κ1) is 16.3. The number of fused-ring (bicyclic) bond motifs is 7. The summed E-state index contributed by atoms with van der Waals surface area (Å²) >= 11 is 0. The lowest BCUT2D eigenvalue weighted by Crippen LogP contribution is -2.55. The third-order valence-electron chi connectivity index (χ3n) is 9.64. The Morgan fingerprint density at radius 2 is 1.84 bits per heavy atom. The van der Waals surface area contributed by atoms with Crippen LogP contribution in [-0.4, -0.2) is 17.9 Å². The summed E-state index contributed by atoms with van der Waals surface area (Å²) < 4.78 is 5.75. The van der Waals surface area contributed by atoms with E-state index >= 15 is 0 Å². The molecule has 5 fully saturated rings. The standard InChI is InChI=1S/C22H32O3/c1-12(23)25-20-7-6-16-14-5-4-13-10-19(24)15-11-18(15)22(13,3)17(14)8-9-21(16,20)2/h13-18,20H,4-11H2,1-3H3/t13-,14-,15+,16-,17-,18-,20-,21-,22-/m0/s1. The van der Waals surface area contributed by atoms with Crippen LogP contribution in [0.25, 0.3) is 0 Å². The first-order valence-corrected chi connectivity index (χ1v) is 10.6.